The van der Waals surface area contributed by atoms with Crippen LogP contribution in [-0.2, 0) is 11.2 Å². The lowest BCUT2D eigenvalue weighted by atomic mass is 10.0. The van der Waals surface area contributed by atoms with Crippen LogP contribution in [0.1, 0.15) is 53.0 Å². The van der Waals surface area contributed by atoms with Gasteiger partial charge in [-0.15, -0.1) is 11.3 Å². The van der Waals surface area contributed by atoms with Crippen molar-refractivity contribution in [2.75, 3.05) is 30.4 Å². The Bertz CT molecular complexity index is 839. The van der Waals surface area contributed by atoms with Gasteiger partial charge in [0, 0.05) is 31.0 Å². The van der Waals surface area contributed by atoms with Gasteiger partial charge in [-0.1, -0.05) is 13.8 Å². The van der Waals surface area contributed by atoms with Gasteiger partial charge in [0.2, 0.25) is 0 Å². The second-order valence-electron chi connectivity index (χ2n) is 7.84. The van der Waals surface area contributed by atoms with Crippen molar-refractivity contribution in [2.24, 2.45) is 11.8 Å². The Balaban J connectivity index is 1.62. The maximum atomic E-state index is 12.6. The van der Waals surface area contributed by atoms with Crippen LogP contribution in [0.3, 0.4) is 0 Å². The van der Waals surface area contributed by atoms with Crippen LogP contribution in [0, 0.1) is 11.8 Å². The molecule has 7 heteroatoms. The molecule has 1 fully saturated rings. The molecule has 1 aliphatic rings. The molecule has 1 aliphatic heterocycles. The predicted octanol–water partition coefficient (Wildman–Crippen LogP) is 4.74. The van der Waals surface area contributed by atoms with Gasteiger partial charge < -0.3 is 20.5 Å². The number of hydrogen-bond acceptors (Lipinski definition) is 5. The van der Waals surface area contributed by atoms with Gasteiger partial charge in [-0.05, 0) is 66.3 Å². The van der Waals surface area contributed by atoms with Crippen molar-refractivity contribution in [3.8, 4) is 0 Å². The summed E-state index contributed by atoms with van der Waals surface area (Å²) < 4.78 is 5.38. The Labute approximate surface area is 175 Å². The lowest BCUT2D eigenvalue weighted by Gasteiger charge is -2.22. The van der Waals surface area contributed by atoms with Crippen LogP contribution in [0.4, 0.5) is 10.7 Å². The molecule has 2 aromatic rings. The van der Waals surface area contributed by atoms with Crippen molar-refractivity contribution >= 4 is 33.9 Å². The maximum Gasteiger partial charge on any atom is 0.338 e. The summed E-state index contributed by atoms with van der Waals surface area (Å²) in [5, 5.41) is 18.0. The van der Waals surface area contributed by atoms with Crippen molar-refractivity contribution in [3.05, 3.63) is 46.3 Å². The molecule has 0 unspecified atom stereocenters. The van der Waals surface area contributed by atoms with Gasteiger partial charge in [-0.3, -0.25) is 4.79 Å². The Morgan fingerprint density at radius 2 is 1.90 bits per heavy atom. The van der Waals surface area contributed by atoms with Crippen LogP contribution in [0.25, 0.3) is 0 Å². The number of aromatic carboxylic acids is 1. The summed E-state index contributed by atoms with van der Waals surface area (Å²) in [4.78, 5) is 24.3. The number of carboxylic acid groups (broad SMARTS) is 1. The first-order valence-corrected chi connectivity index (χ1v) is 10.9. The summed E-state index contributed by atoms with van der Waals surface area (Å²) in [5.74, 6) is -0.362. The smallest absolute Gasteiger partial charge is 0.338 e. The third kappa shape index (κ3) is 5.81. The highest BCUT2D eigenvalue weighted by molar-refractivity contribution is 7.15. The molecule has 6 nitrogen and oxygen atoms in total. The molecule has 29 heavy (non-hydrogen) atoms. The highest BCUT2D eigenvalue weighted by atomic mass is 32.1. The SMILES string of the molecule is CC(C)Cc1csc(NC(=O)c2ccc(NCC3CCOCC3)cc2)c1C(=O)O. The number of rotatable bonds is 8. The minimum absolute atomic E-state index is 0.201. The lowest BCUT2D eigenvalue weighted by Crippen LogP contribution is -2.22. The van der Waals surface area contributed by atoms with Gasteiger partial charge in [0.25, 0.3) is 5.91 Å². The van der Waals surface area contributed by atoms with E-state index in [0.29, 0.717) is 28.8 Å². The molecule has 3 N–H and O–H groups in total. The third-order valence-electron chi connectivity index (χ3n) is 5.02. The zero-order valence-corrected chi connectivity index (χ0v) is 17.7. The fraction of sp³-hybridized carbons (Fsp3) is 0.455. The minimum atomic E-state index is -1.01. The van der Waals surface area contributed by atoms with Gasteiger partial charge in [0.1, 0.15) is 5.00 Å². The van der Waals surface area contributed by atoms with Crippen molar-refractivity contribution in [2.45, 2.75) is 33.1 Å². The highest BCUT2D eigenvalue weighted by Gasteiger charge is 2.21. The maximum absolute atomic E-state index is 12.6. The van der Waals surface area contributed by atoms with Crippen LogP contribution in [0.2, 0.25) is 0 Å². The van der Waals surface area contributed by atoms with E-state index in [1.807, 2.05) is 31.4 Å². The van der Waals surface area contributed by atoms with Gasteiger partial charge in [0.15, 0.2) is 0 Å². The number of anilines is 2. The van der Waals surface area contributed by atoms with E-state index in [1.165, 1.54) is 11.3 Å². The molecular weight excluding hydrogens is 388 g/mol. The van der Waals surface area contributed by atoms with Gasteiger partial charge in [0.05, 0.1) is 5.56 Å². The molecule has 0 saturated carbocycles. The highest BCUT2D eigenvalue weighted by Crippen LogP contribution is 2.30. The molecule has 1 aromatic heterocycles. The fourth-order valence-electron chi connectivity index (χ4n) is 3.44. The minimum Gasteiger partial charge on any atom is -0.478 e. The van der Waals surface area contributed by atoms with E-state index in [-0.39, 0.29) is 11.5 Å². The third-order valence-corrected chi connectivity index (χ3v) is 5.96. The number of carbonyl (C=O) groups is 2. The van der Waals surface area contributed by atoms with E-state index in [4.69, 9.17) is 4.74 Å². The Morgan fingerprint density at radius 3 is 2.52 bits per heavy atom. The number of benzene rings is 1. The van der Waals surface area contributed by atoms with Crippen LogP contribution < -0.4 is 10.6 Å². The van der Waals surface area contributed by atoms with Crippen LogP contribution in [-0.4, -0.2) is 36.7 Å². The number of amides is 1. The molecule has 0 spiro atoms. The number of nitrogens with one attached hydrogen (secondary N) is 2. The standard InChI is InChI=1S/C22H28N2O4S/c1-14(2)11-17-13-29-21(19(17)22(26)27)24-20(25)16-3-5-18(6-4-16)23-12-15-7-9-28-10-8-15/h3-6,13-15,23H,7-12H2,1-2H3,(H,24,25)(H,26,27). The van der Waals surface area contributed by atoms with Gasteiger partial charge in [-0.25, -0.2) is 4.79 Å². The first-order valence-electron chi connectivity index (χ1n) is 10.0. The molecule has 1 aromatic carbocycles. The summed E-state index contributed by atoms with van der Waals surface area (Å²) >= 11 is 1.26. The van der Waals surface area contributed by atoms with Crippen molar-refractivity contribution in [3.63, 3.8) is 0 Å². The molecule has 2 heterocycles. The van der Waals surface area contributed by atoms with Gasteiger partial charge in [-0.2, -0.15) is 0 Å². The molecule has 0 aliphatic carbocycles. The number of ether oxygens (including phenoxy) is 1. The number of carboxylic acids is 1. The number of thiophene rings is 1. The van der Waals surface area contributed by atoms with Crippen LogP contribution >= 0.6 is 11.3 Å². The van der Waals surface area contributed by atoms with E-state index in [0.717, 1.165) is 43.9 Å². The zero-order chi connectivity index (χ0) is 20.8. The van der Waals surface area contributed by atoms with E-state index in [1.54, 1.807) is 12.1 Å². The largest absolute Gasteiger partial charge is 0.478 e. The van der Waals surface area contributed by atoms with E-state index < -0.39 is 5.97 Å². The number of carbonyl (C=O) groups excluding carboxylic acids is 1. The Morgan fingerprint density at radius 1 is 1.21 bits per heavy atom. The van der Waals surface area contributed by atoms with Crippen molar-refractivity contribution in [1.29, 1.82) is 0 Å². The van der Waals surface area contributed by atoms with E-state index in [9.17, 15) is 14.7 Å². The summed E-state index contributed by atoms with van der Waals surface area (Å²) in [7, 11) is 0. The first kappa shape index (κ1) is 21.3. The number of hydrogen-bond donors (Lipinski definition) is 3. The quantitative estimate of drug-likeness (QED) is 0.579. The molecule has 1 saturated heterocycles. The van der Waals surface area contributed by atoms with E-state index in [2.05, 4.69) is 10.6 Å². The molecule has 3 rings (SSSR count). The van der Waals surface area contributed by atoms with Crippen LogP contribution in [0.15, 0.2) is 29.6 Å². The van der Waals surface area contributed by atoms with Crippen molar-refractivity contribution < 1.29 is 19.4 Å². The zero-order valence-electron chi connectivity index (χ0n) is 16.9. The second-order valence-corrected chi connectivity index (χ2v) is 8.72. The summed E-state index contributed by atoms with van der Waals surface area (Å²) in [6, 6.07) is 7.27. The predicted molar refractivity (Wildman–Crippen MR) is 116 cm³/mol. The molecule has 1 amide bonds. The van der Waals surface area contributed by atoms with Crippen molar-refractivity contribution in [1.82, 2.24) is 0 Å². The van der Waals surface area contributed by atoms with Gasteiger partial charge >= 0.3 is 5.97 Å². The fourth-order valence-corrected chi connectivity index (χ4v) is 4.40. The first-order chi connectivity index (χ1) is 13.9. The summed E-state index contributed by atoms with van der Waals surface area (Å²) in [6.07, 6.45) is 2.81. The summed E-state index contributed by atoms with van der Waals surface area (Å²) in [5.41, 5.74) is 2.43. The van der Waals surface area contributed by atoms with E-state index >= 15 is 0 Å². The summed E-state index contributed by atoms with van der Waals surface area (Å²) in [6.45, 7) is 6.62. The van der Waals surface area contributed by atoms with Crippen LogP contribution in [0.5, 0.6) is 0 Å². The molecule has 0 atom stereocenters. The Hall–Kier alpha value is -2.38. The second kappa shape index (κ2) is 9.89. The monoisotopic (exact) mass is 416 g/mol. The normalized spacial score (nSPS) is 14.7. The lowest BCUT2D eigenvalue weighted by molar-refractivity contribution is 0.0695. The topological polar surface area (TPSA) is 87.7 Å². The Kier molecular flexibility index (Phi) is 7.28. The molecular formula is C22H28N2O4S. The average Bonchev–Trinajstić information content (AvgIpc) is 3.09. The average molecular weight is 417 g/mol. The molecule has 0 radical (unpaired) electrons. The molecule has 0 bridgehead atoms. The molecule has 156 valence electrons.